The van der Waals surface area contributed by atoms with Crippen LogP contribution in [0.4, 0.5) is 5.69 Å². The third-order valence-corrected chi connectivity index (χ3v) is 3.97. The van der Waals surface area contributed by atoms with Crippen molar-refractivity contribution in [3.05, 3.63) is 41.5 Å². The van der Waals surface area contributed by atoms with Crippen LogP contribution in [0.2, 0.25) is 0 Å². The molecule has 0 fully saturated rings. The normalized spacial score (nSPS) is 21.5. The third-order valence-electron chi connectivity index (χ3n) is 3.97. The molecule has 19 heavy (non-hydrogen) atoms. The zero-order valence-electron chi connectivity index (χ0n) is 12.0. The molecule has 0 aliphatic carbocycles. The largest absolute Gasteiger partial charge is 0.376 e. The first kappa shape index (κ1) is 12.5. The van der Waals surface area contributed by atoms with Crippen molar-refractivity contribution in [1.82, 2.24) is 4.90 Å². The molecule has 0 radical (unpaired) electrons. The molecule has 3 rings (SSSR count). The molecule has 2 heteroatoms. The monoisotopic (exact) mass is 254 g/mol. The molecule has 0 saturated heterocycles. The fourth-order valence-corrected chi connectivity index (χ4v) is 2.73. The minimum Gasteiger partial charge on any atom is -0.376 e. The first-order valence-electron chi connectivity index (χ1n) is 7.03. The predicted octanol–water partition coefficient (Wildman–Crippen LogP) is 3.62. The smallest absolute Gasteiger partial charge is 0.0503 e. The zero-order valence-corrected chi connectivity index (χ0v) is 12.0. The average Bonchev–Trinajstić information content (AvgIpc) is 2.38. The Labute approximate surface area is 115 Å². The van der Waals surface area contributed by atoms with Crippen molar-refractivity contribution in [2.75, 3.05) is 25.5 Å². The van der Waals surface area contributed by atoms with E-state index in [2.05, 4.69) is 67.5 Å². The van der Waals surface area contributed by atoms with E-state index in [1.807, 2.05) is 0 Å². The number of likely N-dealkylation sites (N-methyl/N-ethyl adjacent to an activating group) is 1. The van der Waals surface area contributed by atoms with Crippen LogP contribution in [0.25, 0.3) is 11.6 Å². The molecule has 2 aliphatic rings. The van der Waals surface area contributed by atoms with Gasteiger partial charge in [-0.15, -0.1) is 0 Å². The van der Waals surface area contributed by atoms with Gasteiger partial charge >= 0.3 is 0 Å². The van der Waals surface area contributed by atoms with Crippen LogP contribution in [-0.4, -0.2) is 30.6 Å². The van der Waals surface area contributed by atoms with Gasteiger partial charge in [-0.3, -0.25) is 0 Å². The Bertz CT molecular complexity index is 552. The van der Waals surface area contributed by atoms with E-state index in [4.69, 9.17) is 0 Å². The minimum absolute atomic E-state index is 0.0569. The Kier molecular flexibility index (Phi) is 2.98. The summed E-state index contributed by atoms with van der Waals surface area (Å²) in [4.78, 5) is 2.35. The average molecular weight is 254 g/mol. The van der Waals surface area contributed by atoms with E-state index >= 15 is 0 Å². The maximum Gasteiger partial charge on any atom is 0.0503 e. The molecule has 1 N–H and O–H groups in total. The Morgan fingerprint density at radius 3 is 2.84 bits per heavy atom. The van der Waals surface area contributed by atoms with Crippen LogP contribution in [0.15, 0.2) is 30.4 Å². The molecule has 0 amide bonds. The Balaban J connectivity index is 1.91. The van der Waals surface area contributed by atoms with Crippen LogP contribution < -0.4 is 5.32 Å². The molecule has 2 heterocycles. The number of fused-ring (bicyclic) bond motifs is 1. The number of anilines is 1. The highest BCUT2D eigenvalue weighted by Crippen LogP contribution is 2.31. The molecule has 0 aromatic heterocycles. The Morgan fingerprint density at radius 2 is 2.11 bits per heavy atom. The van der Waals surface area contributed by atoms with E-state index in [1.54, 1.807) is 0 Å². The summed E-state index contributed by atoms with van der Waals surface area (Å²) in [5.74, 6) is 0. The number of hydrogen-bond donors (Lipinski definition) is 1. The standard InChI is InChI=1S/C17H22N2/c1-17(2)9-6-15-12-14(4-5-16(15)18-17)13-7-10-19(3)11-8-13/h4-7,9,12,18H,8,10-11H2,1-3H3. The van der Waals surface area contributed by atoms with Crippen molar-refractivity contribution in [2.45, 2.75) is 25.8 Å². The molecule has 0 atom stereocenters. The van der Waals surface area contributed by atoms with Gasteiger partial charge in [0.2, 0.25) is 0 Å². The van der Waals surface area contributed by atoms with Gasteiger partial charge in [0.25, 0.3) is 0 Å². The lowest BCUT2D eigenvalue weighted by Gasteiger charge is -2.29. The van der Waals surface area contributed by atoms with Gasteiger partial charge in [-0.05, 0) is 56.1 Å². The molecular weight excluding hydrogens is 232 g/mol. The zero-order chi connectivity index (χ0) is 13.5. The van der Waals surface area contributed by atoms with Gasteiger partial charge in [0, 0.05) is 18.8 Å². The van der Waals surface area contributed by atoms with Crippen LogP contribution in [0, 0.1) is 0 Å². The maximum absolute atomic E-state index is 3.56. The highest BCUT2D eigenvalue weighted by molar-refractivity contribution is 5.77. The van der Waals surface area contributed by atoms with E-state index in [0.29, 0.717) is 0 Å². The summed E-state index contributed by atoms with van der Waals surface area (Å²) in [6, 6.07) is 6.78. The highest BCUT2D eigenvalue weighted by atomic mass is 15.1. The minimum atomic E-state index is 0.0569. The van der Waals surface area contributed by atoms with Crippen LogP contribution in [0.3, 0.4) is 0 Å². The second kappa shape index (κ2) is 4.53. The number of rotatable bonds is 1. The molecule has 0 spiro atoms. The molecule has 0 saturated carbocycles. The molecule has 100 valence electrons. The second-order valence-corrected chi connectivity index (χ2v) is 6.22. The Hall–Kier alpha value is -1.54. The van der Waals surface area contributed by atoms with Crippen molar-refractivity contribution in [1.29, 1.82) is 0 Å². The van der Waals surface area contributed by atoms with E-state index in [1.165, 1.54) is 22.4 Å². The summed E-state index contributed by atoms with van der Waals surface area (Å²) in [5.41, 5.74) is 5.46. The summed E-state index contributed by atoms with van der Waals surface area (Å²) in [7, 11) is 2.18. The van der Waals surface area contributed by atoms with Crippen molar-refractivity contribution in [3.8, 4) is 0 Å². The maximum atomic E-state index is 3.56. The molecular formula is C17H22N2. The topological polar surface area (TPSA) is 15.3 Å². The lowest BCUT2D eigenvalue weighted by molar-refractivity contribution is 0.370. The molecule has 2 nitrogen and oxygen atoms in total. The van der Waals surface area contributed by atoms with Crippen molar-refractivity contribution < 1.29 is 0 Å². The van der Waals surface area contributed by atoms with Crippen LogP contribution in [0.1, 0.15) is 31.4 Å². The first-order chi connectivity index (χ1) is 9.03. The van der Waals surface area contributed by atoms with Crippen LogP contribution in [0.5, 0.6) is 0 Å². The number of nitrogens with zero attached hydrogens (tertiary/aromatic N) is 1. The third kappa shape index (κ3) is 2.59. The van der Waals surface area contributed by atoms with Crippen molar-refractivity contribution in [3.63, 3.8) is 0 Å². The molecule has 1 aromatic carbocycles. The molecule has 0 bridgehead atoms. The fraction of sp³-hybridized carbons (Fsp3) is 0.412. The van der Waals surface area contributed by atoms with E-state index in [9.17, 15) is 0 Å². The number of nitrogens with one attached hydrogen (secondary N) is 1. The van der Waals surface area contributed by atoms with E-state index in [-0.39, 0.29) is 5.54 Å². The van der Waals surface area contributed by atoms with Gasteiger partial charge in [-0.25, -0.2) is 0 Å². The Morgan fingerprint density at radius 1 is 1.26 bits per heavy atom. The predicted molar refractivity (Wildman–Crippen MR) is 83.3 cm³/mol. The van der Waals surface area contributed by atoms with Crippen molar-refractivity contribution in [2.24, 2.45) is 0 Å². The van der Waals surface area contributed by atoms with E-state index in [0.717, 1.165) is 19.5 Å². The number of benzene rings is 1. The summed E-state index contributed by atoms with van der Waals surface area (Å²) in [6.45, 7) is 6.61. The van der Waals surface area contributed by atoms with Gasteiger partial charge in [0.05, 0.1) is 5.54 Å². The van der Waals surface area contributed by atoms with E-state index < -0.39 is 0 Å². The molecule has 2 aliphatic heterocycles. The van der Waals surface area contributed by atoms with Gasteiger partial charge in [0.1, 0.15) is 0 Å². The lowest BCUT2D eigenvalue weighted by Crippen LogP contribution is -2.30. The lowest BCUT2D eigenvalue weighted by atomic mass is 9.92. The number of hydrogen-bond acceptors (Lipinski definition) is 2. The second-order valence-electron chi connectivity index (χ2n) is 6.22. The summed E-state index contributed by atoms with van der Waals surface area (Å²) in [5, 5.41) is 3.56. The SMILES string of the molecule is CN1CC=C(c2ccc3c(c2)C=CC(C)(C)N3)CC1. The van der Waals surface area contributed by atoms with Gasteiger partial charge in [-0.2, -0.15) is 0 Å². The van der Waals surface area contributed by atoms with Crippen molar-refractivity contribution >= 4 is 17.3 Å². The fourth-order valence-electron chi connectivity index (χ4n) is 2.73. The quantitative estimate of drug-likeness (QED) is 0.823. The summed E-state index contributed by atoms with van der Waals surface area (Å²) < 4.78 is 0. The van der Waals surface area contributed by atoms with Gasteiger partial charge < -0.3 is 10.2 Å². The highest BCUT2D eigenvalue weighted by Gasteiger charge is 2.19. The van der Waals surface area contributed by atoms with Crippen LogP contribution in [-0.2, 0) is 0 Å². The van der Waals surface area contributed by atoms with Gasteiger partial charge in [-0.1, -0.05) is 24.3 Å². The van der Waals surface area contributed by atoms with Crippen LogP contribution >= 0.6 is 0 Å². The first-order valence-corrected chi connectivity index (χ1v) is 7.03. The van der Waals surface area contributed by atoms with Gasteiger partial charge in [0.15, 0.2) is 0 Å². The molecule has 1 aromatic rings. The molecule has 0 unspecified atom stereocenters. The summed E-state index contributed by atoms with van der Waals surface area (Å²) >= 11 is 0. The summed E-state index contributed by atoms with van der Waals surface area (Å²) in [6.07, 6.45) is 7.99.